The molecule has 10 rings (SSSR count). The first kappa shape index (κ1) is 28.6. The van der Waals surface area contributed by atoms with Gasteiger partial charge in [0.05, 0.1) is 0 Å². The van der Waals surface area contributed by atoms with Gasteiger partial charge in [-0.25, -0.2) is 0 Å². The van der Waals surface area contributed by atoms with Crippen molar-refractivity contribution in [3.63, 3.8) is 0 Å². The van der Waals surface area contributed by atoms with Gasteiger partial charge in [-0.05, 0) is 104 Å². The first-order chi connectivity index (χ1) is 24.7. The molecular formula is C48H33NO. The molecule has 2 aliphatic carbocycles. The number of rotatable bonds is 5. The first-order valence-corrected chi connectivity index (χ1v) is 17.3. The Kier molecular flexibility index (Phi) is 6.67. The molecule has 0 fully saturated rings. The summed E-state index contributed by atoms with van der Waals surface area (Å²) in [5.41, 5.74) is 10.1. The third-order valence-electron chi connectivity index (χ3n) is 10.3. The molecule has 2 aliphatic rings. The summed E-state index contributed by atoms with van der Waals surface area (Å²) in [5, 5.41) is 7.18. The quantitative estimate of drug-likeness (QED) is 0.186. The van der Waals surface area contributed by atoms with Gasteiger partial charge in [0.1, 0.15) is 11.2 Å². The zero-order valence-electron chi connectivity index (χ0n) is 27.4. The lowest BCUT2D eigenvalue weighted by Crippen LogP contribution is -2.11. The minimum absolute atomic E-state index is 0.424. The van der Waals surface area contributed by atoms with Crippen LogP contribution in [0.2, 0.25) is 0 Å². The van der Waals surface area contributed by atoms with Crippen LogP contribution in [0.15, 0.2) is 193 Å². The predicted molar refractivity (Wildman–Crippen MR) is 211 cm³/mol. The number of anilines is 3. The standard InChI is InChI=1S/C48H33NO/c1-2-10-41(11-3-1)49(42-24-20-33(21-25-42)36-16-14-32-8-4-5-9-35(32)28-36)43-26-22-38-29-37(18-19-39(38)30-43)40-17-15-34-23-27-47-48(45(34)31-40)44-12-6-7-13-46(44)50-47/h1-32,35H. The van der Waals surface area contributed by atoms with Gasteiger partial charge in [-0.1, -0.05) is 127 Å². The van der Waals surface area contributed by atoms with E-state index in [0.717, 1.165) is 33.6 Å². The van der Waals surface area contributed by atoms with Crippen LogP contribution in [0.25, 0.3) is 60.2 Å². The molecule has 50 heavy (non-hydrogen) atoms. The second-order valence-electron chi connectivity index (χ2n) is 13.3. The highest BCUT2D eigenvalue weighted by atomic mass is 16.3. The van der Waals surface area contributed by atoms with Crippen molar-refractivity contribution in [3.8, 4) is 11.1 Å². The molecule has 0 bridgehead atoms. The van der Waals surface area contributed by atoms with Crippen molar-refractivity contribution < 1.29 is 4.42 Å². The van der Waals surface area contributed by atoms with Gasteiger partial charge in [-0.3, -0.25) is 0 Å². The van der Waals surface area contributed by atoms with Crippen LogP contribution in [0.4, 0.5) is 17.1 Å². The predicted octanol–water partition coefficient (Wildman–Crippen LogP) is 13.3. The van der Waals surface area contributed by atoms with E-state index in [0.29, 0.717) is 11.8 Å². The second kappa shape index (κ2) is 11.6. The number of hydrogen-bond donors (Lipinski definition) is 0. The molecule has 1 heterocycles. The fourth-order valence-corrected chi connectivity index (χ4v) is 7.77. The van der Waals surface area contributed by atoms with Gasteiger partial charge < -0.3 is 9.32 Å². The van der Waals surface area contributed by atoms with Crippen molar-refractivity contribution in [1.82, 2.24) is 0 Å². The molecule has 2 nitrogen and oxygen atoms in total. The first-order valence-electron chi connectivity index (χ1n) is 17.3. The van der Waals surface area contributed by atoms with Crippen LogP contribution >= 0.6 is 0 Å². The molecule has 0 N–H and O–H groups in total. The molecular weight excluding hydrogens is 607 g/mol. The summed E-state index contributed by atoms with van der Waals surface area (Å²) in [6.45, 7) is 0. The monoisotopic (exact) mass is 639 g/mol. The SMILES string of the molecule is C1=CC2C=CC(c3ccc(N(c4ccccc4)c4ccc5cc(-c6ccc7ccc8oc9ccccc9c8c7c6)ccc5c4)cc3)=CC2C=C1. The molecule has 0 radical (unpaired) electrons. The van der Waals surface area contributed by atoms with Crippen LogP contribution < -0.4 is 4.90 Å². The Balaban J connectivity index is 1.01. The lowest BCUT2D eigenvalue weighted by Gasteiger charge is -2.26. The molecule has 2 atom stereocenters. The molecule has 0 aliphatic heterocycles. The van der Waals surface area contributed by atoms with Gasteiger partial charge in [0.25, 0.3) is 0 Å². The number of allylic oxidation sites excluding steroid dienone is 8. The smallest absolute Gasteiger partial charge is 0.136 e. The minimum Gasteiger partial charge on any atom is -0.456 e. The summed E-state index contributed by atoms with van der Waals surface area (Å²) in [7, 11) is 0. The summed E-state index contributed by atoms with van der Waals surface area (Å²) in [5.74, 6) is 0.884. The lowest BCUT2D eigenvalue weighted by molar-refractivity contribution is 0.663. The Morgan fingerprint density at radius 1 is 0.440 bits per heavy atom. The highest BCUT2D eigenvalue weighted by molar-refractivity contribution is 6.19. The highest BCUT2D eigenvalue weighted by Gasteiger charge is 2.19. The third-order valence-corrected chi connectivity index (χ3v) is 10.3. The average Bonchev–Trinajstić information content (AvgIpc) is 3.57. The van der Waals surface area contributed by atoms with Gasteiger partial charge in [0.15, 0.2) is 0 Å². The molecule has 1 aromatic heterocycles. The number of benzene rings is 7. The van der Waals surface area contributed by atoms with Crippen molar-refractivity contribution >= 4 is 66.1 Å². The average molecular weight is 640 g/mol. The number of hydrogen-bond acceptors (Lipinski definition) is 2. The highest BCUT2D eigenvalue weighted by Crippen LogP contribution is 2.40. The topological polar surface area (TPSA) is 16.4 Å². The van der Waals surface area contributed by atoms with Gasteiger partial charge in [0, 0.05) is 39.7 Å². The zero-order chi connectivity index (χ0) is 33.0. The van der Waals surface area contributed by atoms with E-state index in [4.69, 9.17) is 4.42 Å². The van der Waals surface area contributed by atoms with E-state index in [2.05, 4.69) is 181 Å². The summed E-state index contributed by atoms with van der Waals surface area (Å²) in [4.78, 5) is 2.34. The Morgan fingerprint density at radius 2 is 1.10 bits per heavy atom. The van der Waals surface area contributed by atoms with Crippen molar-refractivity contribution in [1.29, 1.82) is 0 Å². The van der Waals surface area contributed by atoms with E-state index in [1.165, 1.54) is 49.2 Å². The van der Waals surface area contributed by atoms with E-state index in [-0.39, 0.29) is 0 Å². The Morgan fingerprint density at radius 3 is 1.98 bits per heavy atom. The molecule has 0 spiro atoms. The molecule has 0 amide bonds. The minimum atomic E-state index is 0.424. The largest absolute Gasteiger partial charge is 0.456 e. The maximum Gasteiger partial charge on any atom is 0.136 e. The molecule has 7 aromatic carbocycles. The summed E-state index contributed by atoms with van der Waals surface area (Å²) in [6.07, 6.45) is 15.9. The zero-order valence-corrected chi connectivity index (χ0v) is 27.4. The van der Waals surface area contributed by atoms with E-state index in [1.54, 1.807) is 0 Å². The van der Waals surface area contributed by atoms with Gasteiger partial charge >= 0.3 is 0 Å². The van der Waals surface area contributed by atoms with Crippen molar-refractivity contribution in [3.05, 3.63) is 194 Å². The maximum absolute atomic E-state index is 6.20. The molecule has 0 saturated carbocycles. The summed E-state index contributed by atoms with van der Waals surface area (Å²) < 4.78 is 6.20. The van der Waals surface area contributed by atoms with Gasteiger partial charge in [-0.2, -0.15) is 0 Å². The Labute approximate surface area is 291 Å². The lowest BCUT2D eigenvalue weighted by atomic mass is 9.81. The van der Waals surface area contributed by atoms with Gasteiger partial charge in [-0.15, -0.1) is 0 Å². The van der Waals surface area contributed by atoms with Crippen LogP contribution in [0, 0.1) is 11.8 Å². The molecule has 0 saturated heterocycles. The normalized spacial score (nSPS) is 16.7. The van der Waals surface area contributed by atoms with Crippen molar-refractivity contribution in [2.45, 2.75) is 0 Å². The number of furan rings is 1. The van der Waals surface area contributed by atoms with Crippen LogP contribution in [-0.2, 0) is 0 Å². The third kappa shape index (κ3) is 4.88. The molecule has 8 aromatic rings. The maximum atomic E-state index is 6.20. The fraction of sp³-hybridized carbons (Fsp3) is 0.0417. The molecule has 2 heteroatoms. The van der Waals surface area contributed by atoms with E-state index < -0.39 is 0 Å². The number of nitrogens with zero attached hydrogens (tertiary/aromatic N) is 1. The van der Waals surface area contributed by atoms with Crippen LogP contribution in [0.1, 0.15) is 5.56 Å². The van der Waals surface area contributed by atoms with Crippen molar-refractivity contribution in [2.75, 3.05) is 4.90 Å². The Hall–Kier alpha value is -6.38. The van der Waals surface area contributed by atoms with Crippen LogP contribution in [-0.4, -0.2) is 0 Å². The van der Waals surface area contributed by atoms with E-state index in [9.17, 15) is 0 Å². The fourth-order valence-electron chi connectivity index (χ4n) is 7.77. The van der Waals surface area contributed by atoms with E-state index >= 15 is 0 Å². The second-order valence-corrected chi connectivity index (χ2v) is 13.3. The molecule has 2 unspecified atom stereocenters. The molecule has 236 valence electrons. The summed E-state index contributed by atoms with van der Waals surface area (Å²) in [6, 6.07) is 52.6. The van der Waals surface area contributed by atoms with Crippen LogP contribution in [0.3, 0.4) is 0 Å². The number of para-hydroxylation sites is 2. The summed E-state index contributed by atoms with van der Waals surface area (Å²) >= 11 is 0. The van der Waals surface area contributed by atoms with Gasteiger partial charge in [0.2, 0.25) is 0 Å². The van der Waals surface area contributed by atoms with Crippen LogP contribution in [0.5, 0.6) is 0 Å². The van der Waals surface area contributed by atoms with E-state index in [1.807, 2.05) is 12.1 Å². The number of fused-ring (bicyclic) bond motifs is 7. The van der Waals surface area contributed by atoms with Crippen molar-refractivity contribution in [2.24, 2.45) is 11.8 Å². The Bertz CT molecular complexity index is 2710.